The standard InChI is InChI=1S/C21H20N2O3/c1-2-25-18-11-9-17(10-12-18)21(24)23-15-16-6-5-7-19(14-16)26-20-8-3-4-13-22-20/h3-14H,2,15H2,1H3,(H,23,24). The molecule has 26 heavy (non-hydrogen) atoms. The second kappa shape index (κ2) is 8.67. The van der Waals surface area contributed by atoms with E-state index < -0.39 is 0 Å². The molecule has 0 spiro atoms. The van der Waals surface area contributed by atoms with Crippen molar-refractivity contribution in [2.45, 2.75) is 13.5 Å². The van der Waals surface area contributed by atoms with Crippen LogP contribution in [0.5, 0.6) is 17.4 Å². The van der Waals surface area contributed by atoms with E-state index in [-0.39, 0.29) is 5.91 Å². The monoisotopic (exact) mass is 348 g/mol. The van der Waals surface area contributed by atoms with E-state index in [9.17, 15) is 4.79 Å². The molecule has 1 aromatic heterocycles. The Kier molecular flexibility index (Phi) is 5.83. The number of nitrogens with one attached hydrogen (secondary N) is 1. The minimum atomic E-state index is -0.135. The van der Waals surface area contributed by atoms with Gasteiger partial charge in [0.2, 0.25) is 5.88 Å². The molecule has 0 radical (unpaired) electrons. The minimum absolute atomic E-state index is 0.135. The van der Waals surface area contributed by atoms with Crippen LogP contribution in [0.15, 0.2) is 72.9 Å². The van der Waals surface area contributed by atoms with Gasteiger partial charge in [-0.1, -0.05) is 18.2 Å². The quantitative estimate of drug-likeness (QED) is 0.695. The van der Waals surface area contributed by atoms with Gasteiger partial charge in [0.25, 0.3) is 5.91 Å². The van der Waals surface area contributed by atoms with E-state index in [2.05, 4.69) is 10.3 Å². The normalized spacial score (nSPS) is 10.2. The van der Waals surface area contributed by atoms with Crippen molar-refractivity contribution in [3.8, 4) is 17.4 Å². The number of hydrogen-bond acceptors (Lipinski definition) is 4. The fourth-order valence-electron chi connectivity index (χ4n) is 2.40. The molecule has 0 bridgehead atoms. The van der Waals surface area contributed by atoms with Crippen LogP contribution in [0.3, 0.4) is 0 Å². The van der Waals surface area contributed by atoms with E-state index in [1.54, 1.807) is 36.5 Å². The maximum atomic E-state index is 12.3. The molecule has 0 atom stereocenters. The highest BCUT2D eigenvalue weighted by atomic mass is 16.5. The summed E-state index contributed by atoms with van der Waals surface area (Å²) >= 11 is 0. The second-order valence-corrected chi connectivity index (χ2v) is 5.56. The number of nitrogens with zero attached hydrogens (tertiary/aromatic N) is 1. The lowest BCUT2D eigenvalue weighted by molar-refractivity contribution is 0.0951. The first-order valence-corrected chi connectivity index (χ1v) is 8.43. The second-order valence-electron chi connectivity index (χ2n) is 5.56. The summed E-state index contributed by atoms with van der Waals surface area (Å²) in [6, 6.07) is 20.1. The number of amides is 1. The van der Waals surface area contributed by atoms with Gasteiger partial charge in [0, 0.05) is 24.4 Å². The van der Waals surface area contributed by atoms with Crippen LogP contribution in [-0.4, -0.2) is 17.5 Å². The van der Waals surface area contributed by atoms with Crippen molar-refractivity contribution in [3.05, 3.63) is 84.1 Å². The van der Waals surface area contributed by atoms with Crippen molar-refractivity contribution < 1.29 is 14.3 Å². The predicted octanol–water partition coefficient (Wildman–Crippen LogP) is 4.20. The predicted molar refractivity (Wildman–Crippen MR) is 99.5 cm³/mol. The molecule has 0 unspecified atom stereocenters. The Morgan fingerprint density at radius 1 is 1.00 bits per heavy atom. The molecule has 132 valence electrons. The number of hydrogen-bond donors (Lipinski definition) is 1. The van der Waals surface area contributed by atoms with Crippen molar-refractivity contribution in [1.82, 2.24) is 10.3 Å². The van der Waals surface area contributed by atoms with Gasteiger partial charge >= 0.3 is 0 Å². The zero-order valence-electron chi connectivity index (χ0n) is 14.5. The number of pyridine rings is 1. The molecule has 5 nitrogen and oxygen atoms in total. The summed E-state index contributed by atoms with van der Waals surface area (Å²) in [5.74, 6) is 1.83. The molecule has 0 aliphatic heterocycles. The summed E-state index contributed by atoms with van der Waals surface area (Å²) in [5.41, 5.74) is 1.53. The Balaban J connectivity index is 1.59. The summed E-state index contributed by atoms with van der Waals surface area (Å²) in [4.78, 5) is 16.4. The summed E-state index contributed by atoms with van der Waals surface area (Å²) in [6.45, 7) is 2.93. The van der Waals surface area contributed by atoms with Crippen molar-refractivity contribution in [2.75, 3.05) is 6.61 Å². The number of carbonyl (C=O) groups excluding carboxylic acids is 1. The third kappa shape index (κ3) is 4.83. The van der Waals surface area contributed by atoms with E-state index in [1.807, 2.05) is 43.3 Å². The van der Waals surface area contributed by atoms with Crippen molar-refractivity contribution >= 4 is 5.91 Å². The Hall–Kier alpha value is -3.34. The number of benzene rings is 2. The molecule has 2 aromatic carbocycles. The number of rotatable bonds is 7. The van der Waals surface area contributed by atoms with E-state index in [4.69, 9.17) is 9.47 Å². The molecule has 3 aromatic rings. The summed E-state index contributed by atoms with van der Waals surface area (Å²) in [6.07, 6.45) is 1.68. The lowest BCUT2D eigenvalue weighted by Gasteiger charge is -2.09. The van der Waals surface area contributed by atoms with E-state index >= 15 is 0 Å². The van der Waals surface area contributed by atoms with Crippen LogP contribution in [0.4, 0.5) is 0 Å². The molecule has 1 heterocycles. The van der Waals surface area contributed by atoms with Crippen molar-refractivity contribution in [2.24, 2.45) is 0 Å². The van der Waals surface area contributed by atoms with Crippen molar-refractivity contribution in [3.63, 3.8) is 0 Å². The van der Waals surface area contributed by atoms with Crippen LogP contribution in [0.1, 0.15) is 22.8 Å². The van der Waals surface area contributed by atoms with Crippen LogP contribution >= 0.6 is 0 Å². The van der Waals surface area contributed by atoms with Gasteiger partial charge in [-0.2, -0.15) is 0 Å². The highest BCUT2D eigenvalue weighted by molar-refractivity contribution is 5.94. The van der Waals surface area contributed by atoms with Crippen LogP contribution in [0.2, 0.25) is 0 Å². The van der Waals surface area contributed by atoms with Gasteiger partial charge in [-0.15, -0.1) is 0 Å². The molecule has 0 fully saturated rings. The van der Waals surface area contributed by atoms with Crippen LogP contribution in [-0.2, 0) is 6.54 Å². The van der Waals surface area contributed by atoms with Gasteiger partial charge in [0.15, 0.2) is 0 Å². The lowest BCUT2D eigenvalue weighted by Crippen LogP contribution is -2.22. The Bertz CT molecular complexity index is 849. The first-order chi connectivity index (χ1) is 12.7. The van der Waals surface area contributed by atoms with E-state index in [1.165, 1.54) is 0 Å². The average molecular weight is 348 g/mol. The molecule has 3 rings (SSSR count). The first kappa shape index (κ1) is 17.5. The van der Waals surface area contributed by atoms with Gasteiger partial charge in [0.05, 0.1) is 6.61 Å². The molecular formula is C21H20N2O3. The van der Waals surface area contributed by atoms with Gasteiger partial charge in [-0.3, -0.25) is 4.79 Å². The molecule has 0 aliphatic carbocycles. The number of aromatic nitrogens is 1. The Labute approximate surface area is 152 Å². The highest BCUT2D eigenvalue weighted by Gasteiger charge is 2.06. The third-order valence-electron chi connectivity index (χ3n) is 3.64. The average Bonchev–Trinajstić information content (AvgIpc) is 2.68. The fourth-order valence-corrected chi connectivity index (χ4v) is 2.40. The smallest absolute Gasteiger partial charge is 0.251 e. The molecule has 0 saturated heterocycles. The molecule has 5 heteroatoms. The van der Waals surface area contributed by atoms with E-state index in [0.717, 1.165) is 11.3 Å². The van der Waals surface area contributed by atoms with E-state index in [0.29, 0.717) is 30.3 Å². The summed E-state index contributed by atoms with van der Waals surface area (Å²) in [5, 5.41) is 2.91. The Morgan fingerprint density at radius 2 is 1.85 bits per heavy atom. The molecule has 1 N–H and O–H groups in total. The van der Waals surface area contributed by atoms with Gasteiger partial charge in [0.1, 0.15) is 11.5 Å². The maximum Gasteiger partial charge on any atom is 0.251 e. The lowest BCUT2D eigenvalue weighted by atomic mass is 10.2. The number of ether oxygens (including phenoxy) is 2. The van der Waals surface area contributed by atoms with Gasteiger partial charge in [-0.05, 0) is 55.0 Å². The summed E-state index contributed by atoms with van der Waals surface area (Å²) < 4.78 is 11.1. The molecule has 0 aliphatic rings. The fraction of sp³-hybridized carbons (Fsp3) is 0.143. The minimum Gasteiger partial charge on any atom is -0.494 e. The molecule has 0 saturated carbocycles. The third-order valence-corrected chi connectivity index (χ3v) is 3.64. The molecular weight excluding hydrogens is 328 g/mol. The first-order valence-electron chi connectivity index (χ1n) is 8.43. The SMILES string of the molecule is CCOc1ccc(C(=O)NCc2cccc(Oc3ccccn3)c2)cc1. The largest absolute Gasteiger partial charge is 0.494 e. The van der Waals surface area contributed by atoms with Crippen molar-refractivity contribution in [1.29, 1.82) is 0 Å². The maximum absolute atomic E-state index is 12.3. The Morgan fingerprint density at radius 3 is 2.58 bits per heavy atom. The van der Waals surface area contributed by atoms with Crippen LogP contribution in [0.25, 0.3) is 0 Å². The number of carbonyl (C=O) groups is 1. The topological polar surface area (TPSA) is 60.5 Å². The molecule has 1 amide bonds. The summed E-state index contributed by atoms with van der Waals surface area (Å²) in [7, 11) is 0. The zero-order chi connectivity index (χ0) is 18.2. The zero-order valence-corrected chi connectivity index (χ0v) is 14.5. The van der Waals surface area contributed by atoms with Gasteiger partial charge in [-0.25, -0.2) is 4.98 Å². The van der Waals surface area contributed by atoms with Crippen LogP contribution in [0, 0.1) is 0 Å². The highest BCUT2D eigenvalue weighted by Crippen LogP contribution is 2.20. The van der Waals surface area contributed by atoms with Gasteiger partial charge < -0.3 is 14.8 Å². The van der Waals surface area contributed by atoms with Crippen LogP contribution < -0.4 is 14.8 Å².